The molecule has 1 aromatic heterocycles. The number of fused-ring (bicyclic) bond motifs is 3. The molecule has 0 unspecified atom stereocenters. The Morgan fingerprint density at radius 2 is 1.89 bits per heavy atom. The molecule has 0 bridgehead atoms. The van der Waals surface area contributed by atoms with Crippen molar-refractivity contribution >= 4 is 28.8 Å². The molecule has 0 spiro atoms. The van der Waals surface area contributed by atoms with E-state index in [4.69, 9.17) is 4.74 Å². The van der Waals surface area contributed by atoms with Crippen molar-refractivity contribution in [2.45, 2.75) is 20.4 Å². The maximum atomic E-state index is 13.4. The fourth-order valence-electron chi connectivity index (χ4n) is 3.09. The Morgan fingerprint density at radius 3 is 2.61 bits per heavy atom. The van der Waals surface area contributed by atoms with Crippen LogP contribution >= 0.6 is 0 Å². The van der Waals surface area contributed by atoms with Gasteiger partial charge in [-0.05, 0) is 42.3 Å². The van der Waals surface area contributed by atoms with E-state index in [0.29, 0.717) is 22.5 Å². The standard InChI is InChI=1S/C20H19FN4O3/c1-13(2)12-28-20(27)25-19(26)24-17-6-4-3-5-16(17)22-18(24)11-23(25)15-9-7-14(21)8-10-15/h3-10,13H,11-12H2,1-2H3. The molecule has 0 saturated carbocycles. The predicted molar refractivity (Wildman–Crippen MR) is 101 cm³/mol. The molecule has 2 aromatic carbocycles. The maximum absolute atomic E-state index is 13.4. The fourth-order valence-corrected chi connectivity index (χ4v) is 3.09. The van der Waals surface area contributed by atoms with Crippen molar-refractivity contribution in [3.05, 3.63) is 60.2 Å². The van der Waals surface area contributed by atoms with Gasteiger partial charge in [0.15, 0.2) is 0 Å². The number of aromatic nitrogens is 2. The lowest BCUT2D eigenvalue weighted by Gasteiger charge is -2.37. The Labute approximate surface area is 160 Å². The summed E-state index contributed by atoms with van der Waals surface area (Å²) in [6, 6.07) is 12.2. The molecule has 1 aliphatic rings. The summed E-state index contributed by atoms with van der Waals surface area (Å²) in [5.41, 5.74) is 1.75. The van der Waals surface area contributed by atoms with Gasteiger partial charge in [0.05, 0.1) is 29.9 Å². The molecule has 144 valence electrons. The second-order valence-electron chi connectivity index (χ2n) is 6.95. The lowest BCUT2D eigenvalue weighted by atomic mass is 10.2. The molecule has 0 fully saturated rings. The van der Waals surface area contributed by atoms with Crippen molar-refractivity contribution in [3.8, 4) is 0 Å². The molecule has 0 saturated heterocycles. The number of halogens is 1. The molecule has 7 nitrogen and oxygen atoms in total. The van der Waals surface area contributed by atoms with Gasteiger partial charge in [0.25, 0.3) is 0 Å². The van der Waals surface area contributed by atoms with Crippen LogP contribution in [0.1, 0.15) is 19.7 Å². The lowest BCUT2D eigenvalue weighted by Crippen LogP contribution is -2.55. The smallest absolute Gasteiger partial charge is 0.437 e. The quantitative estimate of drug-likeness (QED) is 0.680. The van der Waals surface area contributed by atoms with E-state index in [-0.39, 0.29) is 19.1 Å². The lowest BCUT2D eigenvalue weighted by molar-refractivity contribution is 0.0931. The van der Waals surface area contributed by atoms with Gasteiger partial charge in [0.1, 0.15) is 11.6 Å². The number of ether oxygens (including phenoxy) is 1. The third-order valence-corrected chi connectivity index (χ3v) is 4.37. The molecule has 2 heterocycles. The average Bonchev–Trinajstić information content (AvgIpc) is 3.05. The summed E-state index contributed by atoms with van der Waals surface area (Å²) < 4.78 is 20.1. The minimum Gasteiger partial charge on any atom is -0.448 e. The van der Waals surface area contributed by atoms with Crippen molar-refractivity contribution in [2.75, 3.05) is 11.6 Å². The maximum Gasteiger partial charge on any atom is 0.437 e. The Bertz CT molecular complexity index is 1050. The van der Waals surface area contributed by atoms with Gasteiger partial charge < -0.3 is 4.74 Å². The van der Waals surface area contributed by atoms with Crippen LogP contribution in [0.5, 0.6) is 0 Å². The second-order valence-corrected chi connectivity index (χ2v) is 6.95. The number of para-hydroxylation sites is 2. The van der Waals surface area contributed by atoms with Gasteiger partial charge in [-0.1, -0.05) is 26.0 Å². The molecule has 0 N–H and O–H groups in total. The molecule has 28 heavy (non-hydrogen) atoms. The third kappa shape index (κ3) is 3.06. The van der Waals surface area contributed by atoms with Gasteiger partial charge >= 0.3 is 12.1 Å². The summed E-state index contributed by atoms with van der Waals surface area (Å²) in [6.07, 6.45) is -0.786. The van der Waals surface area contributed by atoms with Crippen molar-refractivity contribution in [1.82, 2.24) is 14.6 Å². The van der Waals surface area contributed by atoms with E-state index in [9.17, 15) is 14.0 Å². The summed E-state index contributed by atoms with van der Waals surface area (Å²) >= 11 is 0. The van der Waals surface area contributed by atoms with E-state index >= 15 is 0 Å². The number of nitrogens with zero attached hydrogens (tertiary/aromatic N) is 4. The van der Waals surface area contributed by atoms with Crippen LogP contribution in [0.3, 0.4) is 0 Å². The number of anilines is 1. The van der Waals surface area contributed by atoms with Crippen molar-refractivity contribution in [3.63, 3.8) is 0 Å². The molecule has 4 rings (SSSR count). The van der Waals surface area contributed by atoms with E-state index in [0.717, 1.165) is 5.01 Å². The third-order valence-electron chi connectivity index (χ3n) is 4.37. The molecular formula is C20H19FN4O3. The number of hydrogen-bond donors (Lipinski definition) is 0. The first-order valence-corrected chi connectivity index (χ1v) is 8.96. The average molecular weight is 382 g/mol. The number of rotatable bonds is 3. The van der Waals surface area contributed by atoms with E-state index in [1.807, 2.05) is 19.9 Å². The molecule has 2 amide bonds. The molecule has 3 aromatic rings. The van der Waals surface area contributed by atoms with E-state index in [1.54, 1.807) is 18.2 Å². The van der Waals surface area contributed by atoms with Crippen LogP contribution < -0.4 is 5.01 Å². The summed E-state index contributed by atoms with van der Waals surface area (Å²) in [6.45, 7) is 4.15. The summed E-state index contributed by atoms with van der Waals surface area (Å²) in [5, 5.41) is 2.39. The van der Waals surface area contributed by atoms with E-state index < -0.39 is 17.9 Å². The van der Waals surface area contributed by atoms with Gasteiger partial charge in [-0.2, -0.15) is 0 Å². The largest absolute Gasteiger partial charge is 0.448 e. The zero-order valence-electron chi connectivity index (χ0n) is 15.5. The zero-order valence-corrected chi connectivity index (χ0v) is 15.5. The summed E-state index contributed by atoms with van der Waals surface area (Å²) in [7, 11) is 0. The van der Waals surface area contributed by atoms with Crippen molar-refractivity contribution in [1.29, 1.82) is 0 Å². The fraction of sp³-hybridized carbons (Fsp3) is 0.250. The number of benzene rings is 2. The number of carbonyl (C=O) groups is 2. The highest BCUT2D eigenvalue weighted by molar-refractivity contribution is 6.00. The van der Waals surface area contributed by atoms with Gasteiger partial charge in [-0.3, -0.25) is 5.01 Å². The molecule has 0 atom stereocenters. The van der Waals surface area contributed by atoms with Crippen molar-refractivity contribution in [2.24, 2.45) is 5.92 Å². The molecule has 0 radical (unpaired) electrons. The first-order chi connectivity index (χ1) is 13.5. The van der Waals surface area contributed by atoms with Crippen molar-refractivity contribution < 1.29 is 18.7 Å². The van der Waals surface area contributed by atoms with E-state index in [1.165, 1.54) is 33.8 Å². The van der Waals surface area contributed by atoms with Crippen LogP contribution in [-0.2, 0) is 11.3 Å². The zero-order chi connectivity index (χ0) is 19.8. The number of imide groups is 1. The normalized spacial score (nSPS) is 13.9. The Kier molecular flexibility index (Phi) is 4.46. The predicted octanol–water partition coefficient (Wildman–Crippen LogP) is 4.17. The molecule has 8 heteroatoms. The monoisotopic (exact) mass is 382 g/mol. The molecular weight excluding hydrogens is 363 g/mol. The van der Waals surface area contributed by atoms with Gasteiger partial charge in [-0.15, -0.1) is 5.01 Å². The number of amides is 2. The molecule has 0 aliphatic carbocycles. The van der Waals surface area contributed by atoms with Gasteiger partial charge in [-0.25, -0.2) is 23.5 Å². The van der Waals surface area contributed by atoms with Crippen LogP contribution in [0, 0.1) is 11.7 Å². The minimum absolute atomic E-state index is 0.118. The highest BCUT2D eigenvalue weighted by Gasteiger charge is 2.38. The Balaban J connectivity index is 1.80. The highest BCUT2D eigenvalue weighted by atomic mass is 19.1. The van der Waals surface area contributed by atoms with Gasteiger partial charge in [0.2, 0.25) is 0 Å². The Morgan fingerprint density at radius 1 is 1.18 bits per heavy atom. The summed E-state index contributed by atoms with van der Waals surface area (Å²) in [5.74, 6) is 0.199. The number of hydrogen-bond acceptors (Lipinski definition) is 5. The SMILES string of the molecule is CC(C)COC(=O)N1C(=O)n2c(nc3ccccc32)CN1c1ccc(F)cc1. The van der Waals surface area contributed by atoms with Crippen LogP contribution in [0.2, 0.25) is 0 Å². The number of carbonyl (C=O) groups excluding carboxylic acids is 2. The topological polar surface area (TPSA) is 67.7 Å². The van der Waals surface area contributed by atoms with Crippen LogP contribution in [0.15, 0.2) is 48.5 Å². The van der Waals surface area contributed by atoms with E-state index in [2.05, 4.69) is 4.98 Å². The number of hydrazine groups is 1. The second kappa shape index (κ2) is 6.95. The summed E-state index contributed by atoms with van der Waals surface area (Å²) in [4.78, 5) is 30.5. The first kappa shape index (κ1) is 18.0. The van der Waals surface area contributed by atoms with Gasteiger partial charge in [0, 0.05) is 0 Å². The molecule has 1 aliphatic heterocycles. The highest BCUT2D eigenvalue weighted by Crippen LogP contribution is 2.28. The van der Waals surface area contributed by atoms with Crippen LogP contribution in [0.4, 0.5) is 19.7 Å². The van der Waals surface area contributed by atoms with Crippen LogP contribution in [0.25, 0.3) is 11.0 Å². The minimum atomic E-state index is -0.786. The van der Waals surface area contributed by atoms with Crippen LogP contribution in [-0.4, -0.2) is 33.3 Å². The first-order valence-electron chi connectivity index (χ1n) is 8.96. The Hall–Kier alpha value is -3.42. The number of imidazole rings is 1.